The van der Waals surface area contributed by atoms with Gasteiger partial charge in [0.05, 0.1) is 41.3 Å². The number of likely N-dealkylation sites (N-methyl/N-ethyl adjacent to an activating group) is 1. The Morgan fingerprint density at radius 2 is 1.76 bits per heavy atom. The molecule has 0 spiro atoms. The van der Waals surface area contributed by atoms with E-state index in [4.69, 9.17) is 4.98 Å². The molecule has 4 aromatic rings. The molecule has 3 N–H and O–H groups in total. The lowest BCUT2D eigenvalue weighted by Crippen LogP contribution is -2.48. The minimum absolute atomic E-state index is 0.00741. The summed E-state index contributed by atoms with van der Waals surface area (Å²) < 4.78 is 0. The summed E-state index contributed by atoms with van der Waals surface area (Å²) in [6, 6.07) is 8.42. The lowest BCUT2D eigenvalue weighted by molar-refractivity contribution is 0.0927. The highest BCUT2D eigenvalue weighted by atomic mass is 16.2. The first kappa shape index (κ1) is 27.9. The number of anilines is 4. The number of benzene rings is 1. The van der Waals surface area contributed by atoms with Gasteiger partial charge in [-0.3, -0.25) is 9.78 Å². The van der Waals surface area contributed by atoms with E-state index in [1.807, 2.05) is 12.3 Å². The van der Waals surface area contributed by atoms with Crippen LogP contribution in [0.15, 0.2) is 49.2 Å². The number of fused-ring (bicyclic) bond motifs is 1. The second-order valence-corrected chi connectivity index (χ2v) is 12.4. The lowest BCUT2D eigenvalue weighted by Gasteiger charge is -2.35. The number of aromatic amines is 1. The summed E-state index contributed by atoms with van der Waals surface area (Å²) in [7, 11) is 2.16. The monoisotopic (exact) mass is 568 g/mol. The second-order valence-electron chi connectivity index (χ2n) is 12.4. The normalized spacial score (nSPS) is 18.3. The van der Waals surface area contributed by atoms with E-state index in [9.17, 15) is 4.79 Å². The van der Waals surface area contributed by atoms with Crippen LogP contribution in [0.2, 0.25) is 0 Å². The molecule has 3 aromatic heterocycles. The van der Waals surface area contributed by atoms with Gasteiger partial charge in [0.25, 0.3) is 5.91 Å². The highest BCUT2D eigenvalue weighted by Crippen LogP contribution is 2.32. The summed E-state index contributed by atoms with van der Waals surface area (Å²) >= 11 is 0. The highest BCUT2D eigenvalue weighted by molar-refractivity contribution is 5.94. The van der Waals surface area contributed by atoms with Crippen LogP contribution in [0.4, 0.5) is 22.9 Å². The minimum Gasteiger partial charge on any atom is -0.369 e. The van der Waals surface area contributed by atoms with Crippen LogP contribution in [-0.4, -0.2) is 88.1 Å². The summed E-state index contributed by atoms with van der Waals surface area (Å²) in [5.74, 6) is 0.587. The number of piperidine rings is 1. The molecule has 11 nitrogen and oxygen atoms in total. The Hall–Kier alpha value is -4.25. The topological polar surface area (TPSA) is 118 Å². The first-order valence-corrected chi connectivity index (χ1v) is 14.7. The lowest BCUT2D eigenvalue weighted by atomic mass is 9.93. The molecular formula is C31H40N10O. The van der Waals surface area contributed by atoms with Crippen molar-refractivity contribution in [3.8, 4) is 0 Å². The number of carbonyl (C=O) groups is 1. The van der Waals surface area contributed by atoms with E-state index >= 15 is 0 Å². The molecule has 0 aliphatic carbocycles. The SMILES string of the molecule is CN1CCN(c2ccc(Nc3cc(N4CCC[C@@H](NC(=O)c5cnc(C(C)(C)C)cn5)C4)cc4[nH]cnc34)nc2)CC1. The number of piperazine rings is 1. The fourth-order valence-electron chi connectivity index (χ4n) is 5.58. The smallest absolute Gasteiger partial charge is 0.271 e. The number of imidazole rings is 1. The largest absolute Gasteiger partial charge is 0.369 e. The molecule has 1 aromatic carbocycles. The molecule has 220 valence electrons. The highest BCUT2D eigenvalue weighted by Gasteiger charge is 2.25. The van der Waals surface area contributed by atoms with Crippen LogP contribution in [0.3, 0.4) is 0 Å². The van der Waals surface area contributed by atoms with Gasteiger partial charge in [0.2, 0.25) is 0 Å². The molecule has 2 saturated heterocycles. The summed E-state index contributed by atoms with van der Waals surface area (Å²) in [6.45, 7) is 12.0. The van der Waals surface area contributed by atoms with Crippen LogP contribution < -0.4 is 20.4 Å². The van der Waals surface area contributed by atoms with Crippen molar-refractivity contribution in [2.75, 3.05) is 61.4 Å². The zero-order valence-corrected chi connectivity index (χ0v) is 24.9. The number of hydrogen-bond donors (Lipinski definition) is 3. The first-order valence-electron chi connectivity index (χ1n) is 14.7. The molecule has 0 saturated carbocycles. The third kappa shape index (κ3) is 6.15. The van der Waals surface area contributed by atoms with Gasteiger partial charge in [-0.1, -0.05) is 20.8 Å². The molecule has 1 amide bonds. The number of aromatic nitrogens is 5. The maximum Gasteiger partial charge on any atom is 0.271 e. The van der Waals surface area contributed by atoms with Crippen molar-refractivity contribution in [3.63, 3.8) is 0 Å². The van der Waals surface area contributed by atoms with Crippen molar-refractivity contribution in [2.24, 2.45) is 0 Å². The molecule has 5 heterocycles. The van der Waals surface area contributed by atoms with Gasteiger partial charge in [0.1, 0.15) is 17.0 Å². The van der Waals surface area contributed by atoms with E-state index in [0.717, 1.165) is 85.2 Å². The number of hydrogen-bond acceptors (Lipinski definition) is 9. The predicted molar refractivity (Wildman–Crippen MR) is 167 cm³/mol. The van der Waals surface area contributed by atoms with E-state index in [1.54, 1.807) is 18.7 Å². The molecule has 2 fully saturated rings. The van der Waals surface area contributed by atoms with Crippen molar-refractivity contribution in [1.82, 2.24) is 35.1 Å². The minimum atomic E-state index is -0.188. The standard InChI is InChI=1S/C31H40N10O/c1-31(2,3)27-18-32-26(17-33-27)30(42)37-21-6-5-9-41(19-21)23-14-24-29(36-20-35-24)25(15-23)38-28-8-7-22(16-34-28)40-12-10-39(4)11-13-40/h7-8,14-18,20-21H,5-6,9-13,19H2,1-4H3,(H,34,38)(H,35,36)(H,37,42)/t21-/m1/s1. The third-order valence-electron chi connectivity index (χ3n) is 8.16. The van der Waals surface area contributed by atoms with Crippen LogP contribution in [0, 0.1) is 0 Å². The molecule has 0 radical (unpaired) electrons. The van der Waals surface area contributed by atoms with E-state index in [1.165, 1.54) is 0 Å². The first-order chi connectivity index (χ1) is 20.2. The molecule has 1 atom stereocenters. The Morgan fingerprint density at radius 3 is 2.48 bits per heavy atom. The van der Waals surface area contributed by atoms with E-state index in [-0.39, 0.29) is 17.4 Å². The Kier molecular flexibility index (Phi) is 7.68. The quantitative estimate of drug-likeness (QED) is 0.318. The van der Waals surface area contributed by atoms with Gasteiger partial charge in [0.15, 0.2) is 0 Å². The van der Waals surface area contributed by atoms with Gasteiger partial charge < -0.3 is 30.3 Å². The number of nitrogens with zero attached hydrogens (tertiary/aromatic N) is 7. The number of amides is 1. The van der Waals surface area contributed by atoms with Crippen LogP contribution in [0.25, 0.3) is 11.0 Å². The molecule has 0 unspecified atom stereocenters. The Balaban J connectivity index is 1.14. The number of H-pyrrole nitrogens is 1. The summed E-state index contributed by atoms with van der Waals surface area (Å²) in [5, 5.41) is 6.68. The van der Waals surface area contributed by atoms with Crippen molar-refractivity contribution < 1.29 is 4.79 Å². The van der Waals surface area contributed by atoms with Gasteiger partial charge in [-0.05, 0) is 44.2 Å². The van der Waals surface area contributed by atoms with Gasteiger partial charge in [-0.25, -0.2) is 15.0 Å². The van der Waals surface area contributed by atoms with E-state index in [2.05, 4.69) is 91.3 Å². The maximum atomic E-state index is 13.0. The van der Waals surface area contributed by atoms with Gasteiger partial charge in [-0.15, -0.1) is 0 Å². The van der Waals surface area contributed by atoms with Gasteiger partial charge >= 0.3 is 0 Å². The van der Waals surface area contributed by atoms with Crippen molar-refractivity contribution >= 4 is 39.8 Å². The Morgan fingerprint density at radius 1 is 0.929 bits per heavy atom. The van der Waals surface area contributed by atoms with Gasteiger partial charge in [-0.2, -0.15) is 0 Å². The molecular weight excluding hydrogens is 528 g/mol. The summed E-state index contributed by atoms with van der Waals surface area (Å²) in [4.78, 5) is 41.4. The fraction of sp³-hybridized carbons (Fsp3) is 0.452. The van der Waals surface area contributed by atoms with Crippen molar-refractivity contribution in [3.05, 3.63) is 60.6 Å². The number of pyridine rings is 1. The predicted octanol–water partition coefficient (Wildman–Crippen LogP) is 3.94. The second kappa shape index (κ2) is 11.6. The zero-order valence-electron chi connectivity index (χ0n) is 24.9. The molecule has 2 aliphatic rings. The average molecular weight is 569 g/mol. The third-order valence-corrected chi connectivity index (χ3v) is 8.16. The Bertz CT molecular complexity index is 1520. The summed E-state index contributed by atoms with van der Waals surface area (Å²) in [6.07, 6.45) is 8.82. The zero-order chi connectivity index (χ0) is 29.3. The number of rotatable bonds is 6. The van der Waals surface area contributed by atoms with Crippen LogP contribution in [-0.2, 0) is 5.41 Å². The molecule has 11 heteroatoms. The Labute approximate surface area is 246 Å². The van der Waals surface area contributed by atoms with E-state index < -0.39 is 0 Å². The average Bonchev–Trinajstić information content (AvgIpc) is 3.47. The molecule has 42 heavy (non-hydrogen) atoms. The fourth-order valence-corrected chi connectivity index (χ4v) is 5.58. The van der Waals surface area contributed by atoms with Crippen molar-refractivity contribution in [1.29, 1.82) is 0 Å². The molecule has 6 rings (SSSR count). The van der Waals surface area contributed by atoms with Crippen LogP contribution in [0.1, 0.15) is 49.8 Å². The molecule has 0 bridgehead atoms. The van der Waals surface area contributed by atoms with Crippen molar-refractivity contribution in [2.45, 2.75) is 45.1 Å². The van der Waals surface area contributed by atoms with Crippen LogP contribution in [0.5, 0.6) is 0 Å². The maximum absolute atomic E-state index is 13.0. The van der Waals surface area contributed by atoms with E-state index in [0.29, 0.717) is 12.2 Å². The molecule has 2 aliphatic heterocycles. The number of carbonyl (C=O) groups excluding carboxylic acids is 1. The van der Waals surface area contributed by atoms with Crippen LogP contribution >= 0.6 is 0 Å². The summed E-state index contributed by atoms with van der Waals surface area (Å²) in [5.41, 5.74) is 6.01. The van der Waals surface area contributed by atoms with Gasteiger partial charge in [0, 0.05) is 62.6 Å². The number of nitrogens with one attached hydrogen (secondary N) is 3.